The summed E-state index contributed by atoms with van der Waals surface area (Å²) >= 11 is 0. The second-order valence-corrected chi connectivity index (χ2v) is 4.31. The first-order valence-corrected chi connectivity index (χ1v) is 6.13. The maximum atomic E-state index is 11.7. The molecule has 0 spiro atoms. The van der Waals surface area contributed by atoms with Gasteiger partial charge in [-0.15, -0.1) is 0 Å². The molecule has 20 heavy (non-hydrogen) atoms. The molecule has 2 N–H and O–H groups in total. The van der Waals surface area contributed by atoms with Gasteiger partial charge in [0.1, 0.15) is 0 Å². The number of nitro benzene ring substituents is 1. The Morgan fingerprint density at radius 3 is 2.90 bits per heavy atom. The van der Waals surface area contributed by atoms with Gasteiger partial charge >= 0.3 is 5.69 Å². The number of phenols is 1. The standard InChI is InChI=1S/C12H14N2O6/c15-10-7-8(4-5-9(10)14(17)18)12(16)13-20-11-3-1-2-6-19-11/h4-5,7,11,15H,1-3,6H2,(H,13,16)/t11-/m1/s1. The van der Waals surface area contributed by atoms with Gasteiger partial charge in [-0.25, -0.2) is 10.3 Å². The lowest BCUT2D eigenvalue weighted by molar-refractivity contribution is -0.385. The molecule has 0 aliphatic carbocycles. The lowest BCUT2D eigenvalue weighted by Gasteiger charge is -2.22. The number of phenolic OH excluding ortho intramolecular Hbond substituents is 1. The van der Waals surface area contributed by atoms with Crippen molar-refractivity contribution in [1.82, 2.24) is 5.48 Å². The van der Waals surface area contributed by atoms with Crippen molar-refractivity contribution in [2.24, 2.45) is 0 Å². The SMILES string of the molecule is O=C(NO[C@@H]1CCCCO1)c1ccc([N+](=O)[O-])c(O)c1. The van der Waals surface area contributed by atoms with Gasteiger partial charge in [-0.3, -0.25) is 14.9 Å². The molecule has 8 heteroatoms. The van der Waals surface area contributed by atoms with Crippen LogP contribution in [-0.2, 0) is 9.57 Å². The number of ether oxygens (including phenoxy) is 1. The topological polar surface area (TPSA) is 111 Å². The normalized spacial score (nSPS) is 18.5. The minimum atomic E-state index is -0.733. The number of hydrogen-bond acceptors (Lipinski definition) is 6. The van der Waals surface area contributed by atoms with Gasteiger partial charge < -0.3 is 9.84 Å². The fourth-order valence-electron chi connectivity index (χ4n) is 1.80. The van der Waals surface area contributed by atoms with Crippen molar-refractivity contribution < 1.29 is 24.4 Å². The van der Waals surface area contributed by atoms with Gasteiger partial charge in [-0.05, 0) is 25.0 Å². The van der Waals surface area contributed by atoms with E-state index in [-0.39, 0.29) is 5.56 Å². The largest absolute Gasteiger partial charge is 0.502 e. The van der Waals surface area contributed by atoms with Crippen molar-refractivity contribution in [1.29, 1.82) is 0 Å². The van der Waals surface area contributed by atoms with E-state index in [1.807, 2.05) is 0 Å². The van der Waals surface area contributed by atoms with E-state index in [0.717, 1.165) is 25.0 Å². The zero-order valence-corrected chi connectivity index (χ0v) is 10.6. The van der Waals surface area contributed by atoms with Gasteiger partial charge in [-0.2, -0.15) is 0 Å². The molecule has 0 saturated carbocycles. The number of carbonyl (C=O) groups excluding carboxylic acids is 1. The number of amides is 1. The first kappa shape index (κ1) is 14.2. The molecule has 1 saturated heterocycles. The molecule has 1 fully saturated rings. The summed E-state index contributed by atoms with van der Waals surface area (Å²) in [5.74, 6) is -1.18. The number of nitro groups is 1. The van der Waals surface area contributed by atoms with Gasteiger partial charge in [0.25, 0.3) is 5.91 Å². The van der Waals surface area contributed by atoms with Crippen molar-refractivity contribution in [3.8, 4) is 5.75 Å². The highest BCUT2D eigenvalue weighted by Crippen LogP contribution is 2.26. The summed E-state index contributed by atoms with van der Waals surface area (Å²) in [6, 6.07) is 3.30. The van der Waals surface area contributed by atoms with Crippen LogP contribution in [0.5, 0.6) is 5.75 Å². The van der Waals surface area contributed by atoms with Crippen LogP contribution in [0.15, 0.2) is 18.2 Å². The van der Waals surface area contributed by atoms with Crippen molar-refractivity contribution in [2.75, 3.05) is 6.61 Å². The molecule has 108 valence electrons. The molecular formula is C12H14N2O6. The molecule has 1 aliphatic rings. The third kappa shape index (κ3) is 3.43. The molecule has 0 radical (unpaired) electrons. The second-order valence-electron chi connectivity index (χ2n) is 4.31. The average Bonchev–Trinajstić information content (AvgIpc) is 2.45. The van der Waals surface area contributed by atoms with E-state index in [4.69, 9.17) is 9.57 Å². The summed E-state index contributed by atoms with van der Waals surface area (Å²) in [4.78, 5) is 26.6. The quantitative estimate of drug-likeness (QED) is 0.639. The number of aromatic hydroxyl groups is 1. The molecule has 1 aliphatic heterocycles. The van der Waals surface area contributed by atoms with E-state index in [1.165, 1.54) is 6.07 Å². The summed E-state index contributed by atoms with van der Waals surface area (Å²) in [6.07, 6.45) is 2.12. The lowest BCUT2D eigenvalue weighted by atomic mass is 10.2. The molecule has 0 bridgehead atoms. The molecule has 1 heterocycles. The van der Waals surface area contributed by atoms with Crippen molar-refractivity contribution in [3.63, 3.8) is 0 Å². The Labute approximate surface area is 114 Å². The first-order valence-electron chi connectivity index (χ1n) is 6.13. The number of hydroxylamine groups is 1. The fraction of sp³-hybridized carbons (Fsp3) is 0.417. The Hall–Kier alpha value is -2.19. The van der Waals surface area contributed by atoms with E-state index >= 15 is 0 Å². The highest BCUT2D eigenvalue weighted by atomic mass is 16.8. The molecule has 1 aromatic carbocycles. The maximum absolute atomic E-state index is 11.7. The van der Waals surface area contributed by atoms with Crippen molar-refractivity contribution in [2.45, 2.75) is 25.6 Å². The van der Waals surface area contributed by atoms with E-state index in [2.05, 4.69) is 5.48 Å². The van der Waals surface area contributed by atoms with Crippen LogP contribution in [0.2, 0.25) is 0 Å². The van der Waals surface area contributed by atoms with E-state index in [9.17, 15) is 20.0 Å². The Morgan fingerprint density at radius 1 is 1.50 bits per heavy atom. The van der Waals surface area contributed by atoms with E-state index in [0.29, 0.717) is 13.0 Å². The molecule has 1 amide bonds. The van der Waals surface area contributed by atoms with Crippen molar-refractivity contribution >= 4 is 11.6 Å². The molecule has 1 atom stereocenters. The Bertz CT molecular complexity index is 513. The summed E-state index contributed by atoms with van der Waals surface area (Å²) in [7, 11) is 0. The predicted octanol–water partition coefficient (Wildman–Crippen LogP) is 1.49. The van der Waals surface area contributed by atoms with Crippen LogP contribution in [0.3, 0.4) is 0 Å². The Kier molecular flexibility index (Phi) is 4.49. The highest BCUT2D eigenvalue weighted by molar-refractivity contribution is 5.94. The zero-order valence-electron chi connectivity index (χ0n) is 10.6. The third-order valence-electron chi connectivity index (χ3n) is 2.86. The number of rotatable bonds is 4. The number of carbonyl (C=O) groups is 1. The van der Waals surface area contributed by atoms with Crippen LogP contribution in [0.4, 0.5) is 5.69 Å². The maximum Gasteiger partial charge on any atom is 0.310 e. The Balaban J connectivity index is 1.95. The Morgan fingerprint density at radius 2 is 2.30 bits per heavy atom. The van der Waals surface area contributed by atoms with Crippen LogP contribution in [-0.4, -0.2) is 28.8 Å². The second kappa shape index (κ2) is 6.31. The smallest absolute Gasteiger partial charge is 0.310 e. The van der Waals surface area contributed by atoms with Crippen LogP contribution in [0, 0.1) is 10.1 Å². The predicted molar refractivity (Wildman–Crippen MR) is 66.9 cm³/mol. The van der Waals surface area contributed by atoms with Gasteiger partial charge in [0, 0.05) is 24.7 Å². The summed E-state index contributed by atoms with van der Waals surface area (Å²) in [6.45, 7) is 0.582. The summed E-state index contributed by atoms with van der Waals surface area (Å²) < 4.78 is 5.26. The monoisotopic (exact) mass is 282 g/mol. The third-order valence-corrected chi connectivity index (χ3v) is 2.86. The minimum absolute atomic E-state index is 0.0592. The van der Waals surface area contributed by atoms with Gasteiger partial charge in [0.15, 0.2) is 12.0 Å². The van der Waals surface area contributed by atoms with Gasteiger partial charge in [-0.1, -0.05) is 0 Å². The number of nitrogens with one attached hydrogen (secondary N) is 1. The highest BCUT2D eigenvalue weighted by Gasteiger charge is 2.18. The molecule has 0 unspecified atom stereocenters. The molecule has 0 aromatic heterocycles. The van der Waals surface area contributed by atoms with Crippen molar-refractivity contribution in [3.05, 3.63) is 33.9 Å². The molecule has 1 aromatic rings. The van der Waals surface area contributed by atoms with Crippen LogP contribution in [0.25, 0.3) is 0 Å². The average molecular weight is 282 g/mol. The lowest BCUT2D eigenvalue weighted by Crippen LogP contribution is -2.33. The van der Waals surface area contributed by atoms with E-state index in [1.54, 1.807) is 0 Å². The van der Waals surface area contributed by atoms with Crippen LogP contribution in [0.1, 0.15) is 29.6 Å². The molecule has 2 rings (SSSR count). The van der Waals surface area contributed by atoms with Crippen LogP contribution >= 0.6 is 0 Å². The number of nitrogens with zero attached hydrogens (tertiary/aromatic N) is 1. The van der Waals surface area contributed by atoms with E-state index < -0.39 is 28.6 Å². The fourth-order valence-corrected chi connectivity index (χ4v) is 1.80. The number of hydrogen-bond donors (Lipinski definition) is 2. The van der Waals surface area contributed by atoms with Gasteiger partial charge in [0.05, 0.1) is 4.92 Å². The molecule has 8 nitrogen and oxygen atoms in total. The first-order chi connectivity index (χ1) is 9.58. The molecular weight excluding hydrogens is 268 g/mol. The van der Waals surface area contributed by atoms with Crippen LogP contribution < -0.4 is 5.48 Å². The zero-order chi connectivity index (χ0) is 14.5. The summed E-state index contributed by atoms with van der Waals surface area (Å²) in [5.41, 5.74) is 1.80. The minimum Gasteiger partial charge on any atom is -0.502 e. The number of benzene rings is 1. The summed E-state index contributed by atoms with van der Waals surface area (Å²) in [5, 5.41) is 20.0. The van der Waals surface area contributed by atoms with Gasteiger partial charge in [0.2, 0.25) is 0 Å².